The van der Waals surface area contributed by atoms with Gasteiger partial charge in [-0.05, 0) is 0 Å². The molecule has 0 aromatic heterocycles. The van der Waals surface area contributed by atoms with Crippen LogP contribution in [0.3, 0.4) is 0 Å². The summed E-state index contributed by atoms with van der Waals surface area (Å²) in [5.74, 6) is -1.77. The maximum atomic E-state index is 9.07. The second kappa shape index (κ2) is 16.9. The summed E-state index contributed by atoms with van der Waals surface area (Å²) in [7, 11) is 18.1. The fourth-order valence-electron chi connectivity index (χ4n) is 10.4. The quantitative estimate of drug-likeness (QED) is 0.101. The molecule has 2 atom stereocenters. The number of hydrogen-bond acceptors (Lipinski definition) is 0. The van der Waals surface area contributed by atoms with Gasteiger partial charge in [-0.1, -0.05) is 0 Å². The Morgan fingerprint density at radius 3 is 1.22 bits per heavy atom. The van der Waals surface area contributed by atoms with Crippen LogP contribution in [0.15, 0.2) is 145 Å². The predicted octanol–water partition coefficient (Wildman–Crippen LogP) is 16.9. The first-order valence-corrected chi connectivity index (χ1v) is 37.9. The zero-order valence-corrected chi connectivity index (χ0v) is 40.2. The molecule has 2 aliphatic carbocycles. The van der Waals surface area contributed by atoms with Crippen molar-refractivity contribution < 1.29 is 15.6 Å². The van der Waals surface area contributed by atoms with Gasteiger partial charge in [-0.2, -0.15) is 0 Å². The minimum absolute atomic E-state index is 0.0438. The normalized spacial score (nSPS) is 16.7. The Hall–Kier alpha value is -3.52. The Kier molecular flexibility index (Phi) is 12.0. The average Bonchev–Trinajstić information content (AvgIpc) is 3.82. The standard InChI is InChI=1S/2C26H25.C2H7Si.2ClH.Zr/c2*1-3-4-11-20-17-22-15-16-24(21-12-6-5-7-13-21)26(25(22)18-20)23-14-9-8-10-19(23)2;1-3-2;;;/h2*5-10,12-18H,3-4,11H2,1-2H3;3H,1-2H3;2*1H;/q;;;;;+2/p-2. The van der Waals surface area contributed by atoms with Gasteiger partial charge in [0.25, 0.3) is 0 Å². The van der Waals surface area contributed by atoms with Crippen molar-refractivity contribution in [2.24, 2.45) is 0 Å². The zero-order chi connectivity index (χ0) is 40.6. The van der Waals surface area contributed by atoms with Crippen LogP contribution in [0.5, 0.6) is 0 Å². The van der Waals surface area contributed by atoms with E-state index in [2.05, 4.69) is 186 Å². The Balaban J connectivity index is 1.42. The first-order chi connectivity index (χ1) is 28.1. The van der Waals surface area contributed by atoms with Gasteiger partial charge in [-0.15, -0.1) is 0 Å². The van der Waals surface area contributed by atoms with Crippen LogP contribution in [0, 0.1) is 13.8 Å². The van der Waals surface area contributed by atoms with E-state index in [9.17, 15) is 0 Å². The van der Waals surface area contributed by atoms with Gasteiger partial charge >= 0.3 is 360 Å². The van der Waals surface area contributed by atoms with Crippen LogP contribution < -0.4 is 0 Å². The van der Waals surface area contributed by atoms with E-state index in [-0.39, 0.29) is 7.25 Å². The molecule has 0 bridgehead atoms. The van der Waals surface area contributed by atoms with Crippen molar-refractivity contribution in [1.82, 2.24) is 0 Å². The first kappa shape index (κ1) is 41.2. The molecule has 2 unspecified atom stereocenters. The number of hydrogen-bond donors (Lipinski definition) is 0. The van der Waals surface area contributed by atoms with Gasteiger partial charge in [0, 0.05) is 0 Å². The van der Waals surface area contributed by atoms with Gasteiger partial charge in [0.05, 0.1) is 0 Å². The van der Waals surface area contributed by atoms with Gasteiger partial charge in [0.2, 0.25) is 0 Å². The molecule has 4 heteroatoms. The van der Waals surface area contributed by atoms with Crippen LogP contribution >= 0.6 is 17.0 Å². The Labute approximate surface area is 356 Å². The van der Waals surface area contributed by atoms with Gasteiger partial charge in [0.15, 0.2) is 0 Å². The van der Waals surface area contributed by atoms with Crippen LogP contribution in [0.25, 0.3) is 56.7 Å². The Bertz CT molecular complexity index is 2360. The number of allylic oxidation sites excluding steroid dienone is 2. The van der Waals surface area contributed by atoms with Crippen LogP contribution in [-0.4, -0.2) is 5.92 Å². The van der Waals surface area contributed by atoms with Gasteiger partial charge < -0.3 is 0 Å². The minimum atomic E-state index is -5.09. The first-order valence-electron chi connectivity index (χ1n) is 21.6. The fourth-order valence-corrected chi connectivity index (χ4v) is 41.9. The fraction of sp³-hybridized carbons (Fsp3) is 0.259. The van der Waals surface area contributed by atoms with Crippen molar-refractivity contribution in [1.29, 1.82) is 0 Å². The molecule has 2 aliphatic rings. The summed E-state index contributed by atoms with van der Waals surface area (Å²) in [6.07, 6.45) is 11.7. The van der Waals surface area contributed by atoms with E-state index in [1.807, 2.05) is 0 Å². The van der Waals surface area contributed by atoms with E-state index in [4.69, 9.17) is 17.0 Å². The summed E-state index contributed by atoms with van der Waals surface area (Å²) in [5.41, 5.74) is 21.1. The summed E-state index contributed by atoms with van der Waals surface area (Å²) in [6.45, 7) is 14.1. The summed E-state index contributed by atoms with van der Waals surface area (Å²) in [6, 6.07) is 49.3. The van der Waals surface area contributed by atoms with Crippen LogP contribution in [0.4, 0.5) is 0 Å². The zero-order valence-electron chi connectivity index (χ0n) is 35.1. The maximum absolute atomic E-state index is 9.07. The summed E-state index contributed by atoms with van der Waals surface area (Å²) < 4.78 is 0.0875. The number of rotatable bonds is 13. The van der Waals surface area contributed by atoms with Crippen LogP contribution in [0.1, 0.15) is 93.0 Å². The topological polar surface area (TPSA) is 0 Å². The third-order valence-corrected chi connectivity index (χ3v) is 65.3. The van der Waals surface area contributed by atoms with Crippen molar-refractivity contribution in [3.63, 3.8) is 0 Å². The number of fused-ring (bicyclic) bond motifs is 2. The molecule has 58 heavy (non-hydrogen) atoms. The number of halogens is 2. The molecule has 0 heterocycles. The van der Waals surface area contributed by atoms with Crippen molar-refractivity contribution in [2.45, 2.75) is 86.6 Å². The predicted molar refractivity (Wildman–Crippen MR) is 255 cm³/mol. The number of aryl methyl sites for hydroxylation is 2. The van der Waals surface area contributed by atoms with E-state index in [1.165, 1.54) is 89.0 Å². The second-order valence-corrected chi connectivity index (χ2v) is 59.7. The van der Waals surface area contributed by atoms with E-state index >= 15 is 0 Å². The van der Waals surface area contributed by atoms with Crippen molar-refractivity contribution in [3.05, 3.63) is 178 Å². The molecular formula is C54H57Cl2SiZr. The van der Waals surface area contributed by atoms with Gasteiger partial charge in [-0.25, -0.2) is 0 Å². The molecule has 6 aromatic carbocycles. The molecule has 6 aromatic rings. The van der Waals surface area contributed by atoms with Crippen LogP contribution in [0.2, 0.25) is 13.1 Å². The van der Waals surface area contributed by atoms with E-state index < -0.39 is 21.5 Å². The molecule has 0 saturated heterocycles. The average molecular weight is 896 g/mol. The second-order valence-electron chi connectivity index (χ2n) is 17.2. The molecule has 0 fully saturated rings. The SMILES string of the molecule is CCCCC1=Cc2c(ccc(-c3ccccc3)c2-c2ccccc2C)[CH]1[Zr]([Cl])([Cl])([CH]1C(CCCC)=Cc2c1ccc(-c1ccccc1)c2-c1ccccc1C)[SiH](C)C. The monoisotopic (exact) mass is 893 g/mol. The molecule has 0 aliphatic heterocycles. The number of benzene rings is 6. The molecular weight excluding hydrogens is 839 g/mol. The molecule has 0 amide bonds. The van der Waals surface area contributed by atoms with Gasteiger partial charge in [0.1, 0.15) is 0 Å². The van der Waals surface area contributed by atoms with Crippen molar-refractivity contribution >= 4 is 35.1 Å². The molecule has 0 spiro atoms. The Morgan fingerprint density at radius 1 is 0.483 bits per heavy atom. The molecule has 0 N–H and O–H groups in total. The van der Waals surface area contributed by atoms with Crippen LogP contribution in [-0.2, 0) is 15.6 Å². The van der Waals surface area contributed by atoms with Gasteiger partial charge in [-0.3, -0.25) is 0 Å². The molecule has 8 rings (SSSR count). The molecule has 0 saturated carbocycles. The van der Waals surface area contributed by atoms with Crippen molar-refractivity contribution in [2.75, 3.05) is 0 Å². The third-order valence-electron chi connectivity index (χ3n) is 13.4. The van der Waals surface area contributed by atoms with E-state index in [1.54, 1.807) is 0 Å². The number of unbranched alkanes of at least 4 members (excludes halogenated alkanes) is 2. The third kappa shape index (κ3) is 7.05. The van der Waals surface area contributed by atoms with E-state index in [0.29, 0.717) is 0 Å². The van der Waals surface area contributed by atoms with Crippen molar-refractivity contribution in [3.8, 4) is 44.5 Å². The molecule has 0 nitrogen and oxygen atoms in total. The summed E-state index contributed by atoms with van der Waals surface area (Å²) in [5, 5.41) is 0. The molecule has 295 valence electrons. The Morgan fingerprint density at radius 2 is 0.862 bits per heavy atom. The summed E-state index contributed by atoms with van der Waals surface area (Å²) in [4.78, 5) is 0. The van der Waals surface area contributed by atoms with E-state index in [0.717, 1.165) is 38.5 Å². The summed E-state index contributed by atoms with van der Waals surface area (Å²) >= 11 is -5.09. The molecule has 0 radical (unpaired) electrons.